The molecule has 0 bridgehead atoms. The maximum atomic E-state index is 13.9. The number of hydrogen-bond donors (Lipinski definition) is 0. The molecule has 0 saturated heterocycles. The molecule has 0 unspecified atom stereocenters. The molecule has 3 rings (SSSR count). The van der Waals surface area contributed by atoms with Gasteiger partial charge in [0.1, 0.15) is 17.3 Å². The first-order chi connectivity index (χ1) is 14.3. The van der Waals surface area contributed by atoms with E-state index in [0.29, 0.717) is 0 Å². The van der Waals surface area contributed by atoms with Gasteiger partial charge in [-0.05, 0) is 86.5 Å². The van der Waals surface area contributed by atoms with Crippen molar-refractivity contribution in [3.8, 4) is 33.8 Å². The molecule has 0 fully saturated rings. The average Bonchev–Trinajstić information content (AvgIpc) is 2.72. The van der Waals surface area contributed by atoms with Crippen LogP contribution in [-0.2, 0) is 0 Å². The van der Waals surface area contributed by atoms with Crippen LogP contribution < -0.4 is 9.47 Å². The topological polar surface area (TPSA) is 18.5 Å². The number of benzene rings is 3. The van der Waals surface area contributed by atoms with Crippen LogP contribution in [-0.4, -0.2) is 14.2 Å². The van der Waals surface area contributed by atoms with Gasteiger partial charge in [-0.2, -0.15) is 0 Å². The van der Waals surface area contributed by atoms with Crippen LogP contribution in [0.25, 0.3) is 22.3 Å². The Hall–Kier alpha value is -2.08. The summed E-state index contributed by atoms with van der Waals surface area (Å²) in [4.78, 5) is 0. The lowest BCUT2D eigenvalue weighted by atomic mass is 9.82. The van der Waals surface area contributed by atoms with Gasteiger partial charge in [0, 0.05) is 5.56 Å². The minimum absolute atomic E-state index is 0.224. The van der Waals surface area contributed by atoms with Gasteiger partial charge in [0.05, 0.1) is 17.8 Å². The number of methoxy groups -OCH3 is 2. The predicted molar refractivity (Wildman–Crippen MR) is 131 cm³/mol. The van der Waals surface area contributed by atoms with Gasteiger partial charge in [-0.1, -0.05) is 52.0 Å². The van der Waals surface area contributed by atoms with E-state index >= 15 is 0 Å². The molecule has 2 nitrogen and oxygen atoms in total. The highest BCUT2D eigenvalue weighted by molar-refractivity contribution is 14.1. The monoisotopic (exact) mass is 518 g/mol. The van der Waals surface area contributed by atoms with Crippen molar-refractivity contribution in [1.82, 2.24) is 0 Å². The third kappa shape index (κ3) is 4.34. The van der Waals surface area contributed by atoms with Crippen molar-refractivity contribution in [2.75, 3.05) is 14.2 Å². The van der Waals surface area contributed by atoms with Crippen LogP contribution in [0.15, 0.2) is 48.5 Å². The number of halogens is 2. The molecule has 0 aromatic heterocycles. The van der Waals surface area contributed by atoms with Crippen molar-refractivity contribution in [2.45, 2.75) is 39.5 Å². The summed E-state index contributed by atoms with van der Waals surface area (Å²) in [7, 11) is 3.39. The Labute approximate surface area is 192 Å². The van der Waals surface area contributed by atoms with Gasteiger partial charge in [0.25, 0.3) is 0 Å². The first kappa shape index (κ1) is 22.6. The molecule has 0 aliphatic heterocycles. The van der Waals surface area contributed by atoms with Gasteiger partial charge in [0.2, 0.25) is 0 Å². The van der Waals surface area contributed by atoms with Crippen LogP contribution in [0.2, 0.25) is 0 Å². The third-order valence-electron chi connectivity index (χ3n) is 5.36. The summed E-state index contributed by atoms with van der Waals surface area (Å²) in [5.41, 5.74) is 6.57. The lowest BCUT2D eigenvalue weighted by Gasteiger charge is -2.25. The van der Waals surface area contributed by atoms with Crippen LogP contribution in [0.5, 0.6) is 11.5 Å². The second kappa shape index (κ2) is 9.38. The molecule has 0 aliphatic rings. The van der Waals surface area contributed by atoms with Gasteiger partial charge >= 0.3 is 0 Å². The van der Waals surface area contributed by atoms with E-state index in [1.54, 1.807) is 26.4 Å². The molecule has 0 spiro atoms. The van der Waals surface area contributed by atoms with E-state index in [0.717, 1.165) is 31.8 Å². The lowest BCUT2D eigenvalue weighted by molar-refractivity contribution is 0.402. The molecule has 0 radical (unpaired) electrons. The molecule has 0 heterocycles. The maximum absolute atomic E-state index is 13.9. The summed E-state index contributed by atoms with van der Waals surface area (Å²) in [5.74, 6) is 1.97. The minimum atomic E-state index is -0.224. The van der Waals surface area contributed by atoms with Crippen molar-refractivity contribution < 1.29 is 13.9 Å². The summed E-state index contributed by atoms with van der Waals surface area (Å²) >= 11 is 2.34. The van der Waals surface area contributed by atoms with Crippen LogP contribution >= 0.6 is 22.6 Å². The molecule has 0 atom stereocenters. The quantitative estimate of drug-likeness (QED) is 0.308. The van der Waals surface area contributed by atoms with Gasteiger partial charge in [-0.15, -0.1) is 0 Å². The molecule has 3 aromatic carbocycles. The second-order valence-electron chi connectivity index (χ2n) is 8.01. The summed E-state index contributed by atoms with van der Waals surface area (Å²) in [6, 6.07) is 15.1. The molecule has 0 N–H and O–H groups in total. The SMILES string of the molecule is COc1ccc(OC)c(-c2c(C(C)C)cc(-c3cccc(F)c3)cc2C(C)C)c1I. The van der Waals surface area contributed by atoms with E-state index in [4.69, 9.17) is 9.47 Å². The fraction of sp³-hybridized carbons (Fsp3) is 0.308. The van der Waals surface area contributed by atoms with Crippen LogP contribution in [0.3, 0.4) is 0 Å². The zero-order chi connectivity index (χ0) is 22.0. The molecule has 30 heavy (non-hydrogen) atoms. The smallest absolute Gasteiger partial charge is 0.133 e. The van der Waals surface area contributed by atoms with Crippen molar-refractivity contribution >= 4 is 22.6 Å². The Balaban J connectivity index is 2.41. The van der Waals surface area contributed by atoms with Crippen molar-refractivity contribution in [3.05, 3.63) is 69.0 Å². The average molecular weight is 518 g/mol. The largest absolute Gasteiger partial charge is 0.496 e. The van der Waals surface area contributed by atoms with Gasteiger partial charge in [-0.3, -0.25) is 0 Å². The summed E-state index contributed by atoms with van der Waals surface area (Å²) in [6.07, 6.45) is 0. The fourth-order valence-electron chi connectivity index (χ4n) is 3.82. The van der Waals surface area contributed by atoms with Crippen LogP contribution in [0.1, 0.15) is 50.7 Å². The lowest BCUT2D eigenvalue weighted by Crippen LogP contribution is -2.04. The standard InChI is InChI=1S/C26H28FIO2/c1-15(2)20-13-18(17-8-7-9-19(27)12-17)14-21(16(3)4)24(20)25-22(29-5)10-11-23(30-6)26(25)28/h7-16H,1-6H3. The molecule has 158 valence electrons. The summed E-state index contributed by atoms with van der Waals surface area (Å²) < 4.78 is 26.3. The van der Waals surface area contributed by atoms with E-state index in [-0.39, 0.29) is 17.7 Å². The third-order valence-corrected chi connectivity index (χ3v) is 6.43. The highest BCUT2D eigenvalue weighted by Gasteiger charge is 2.24. The Morgan fingerprint density at radius 1 is 0.733 bits per heavy atom. The number of ether oxygens (including phenoxy) is 2. The molecular formula is C26H28FIO2. The van der Waals surface area contributed by atoms with Crippen LogP contribution in [0, 0.1) is 9.39 Å². The van der Waals surface area contributed by atoms with Crippen molar-refractivity contribution in [1.29, 1.82) is 0 Å². The Morgan fingerprint density at radius 3 is 1.80 bits per heavy atom. The van der Waals surface area contributed by atoms with Crippen molar-refractivity contribution in [2.24, 2.45) is 0 Å². The van der Waals surface area contributed by atoms with E-state index in [9.17, 15) is 4.39 Å². The second-order valence-corrected chi connectivity index (χ2v) is 9.09. The highest BCUT2D eigenvalue weighted by Crippen LogP contribution is 2.47. The van der Waals surface area contributed by atoms with E-state index in [2.05, 4.69) is 62.4 Å². The van der Waals surface area contributed by atoms with E-state index in [1.165, 1.54) is 22.8 Å². The van der Waals surface area contributed by atoms with Crippen molar-refractivity contribution in [3.63, 3.8) is 0 Å². The molecule has 0 aliphatic carbocycles. The van der Waals surface area contributed by atoms with Gasteiger partial charge in [0.15, 0.2) is 0 Å². The normalized spacial score (nSPS) is 11.3. The zero-order valence-corrected chi connectivity index (χ0v) is 20.5. The maximum Gasteiger partial charge on any atom is 0.133 e. The number of rotatable bonds is 6. The Morgan fingerprint density at radius 2 is 1.30 bits per heavy atom. The Kier molecular flexibility index (Phi) is 7.06. The van der Waals surface area contributed by atoms with E-state index in [1.807, 2.05) is 18.2 Å². The first-order valence-electron chi connectivity index (χ1n) is 10.1. The zero-order valence-electron chi connectivity index (χ0n) is 18.3. The van der Waals surface area contributed by atoms with E-state index < -0.39 is 0 Å². The highest BCUT2D eigenvalue weighted by atomic mass is 127. The summed E-state index contributed by atoms with van der Waals surface area (Å²) in [5, 5.41) is 0. The number of hydrogen-bond acceptors (Lipinski definition) is 2. The molecule has 0 amide bonds. The predicted octanol–water partition coefficient (Wildman–Crippen LogP) is 8.03. The first-order valence-corrected chi connectivity index (χ1v) is 11.2. The van der Waals surface area contributed by atoms with Gasteiger partial charge in [-0.25, -0.2) is 4.39 Å². The molecule has 4 heteroatoms. The Bertz CT molecular complexity index is 1030. The molecule has 0 saturated carbocycles. The molecule has 3 aromatic rings. The summed E-state index contributed by atoms with van der Waals surface area (Å²) in [6.45, 7) is 8.77. The van der Waals surface area contributed by atoms with Crippen LogP contribution in [0.4, 0.5) is 4.39 Å². The molecular weight excluding hydrogens is 490 g/mol. The minimum Gasteiger partial charge on any atom is -0.496 e. The van der Waals surface area contributed by atoms with Gasteiger partial charge < -0.3 is 9.47 Å². The fourth-order valence-corrected chi connectivity index (χ4v) is 4.76.